The average molecular weight is 881 g/mol. The van der Waals surface area contributed by atoms with Gasteiger partial charge in [-0.3, -0.25) is 0 Å². The van der Waals surface area contributed by atoms with Crippen molar-refractivity contribution in [3.05, 3.63) is 248 Å². The summed E-state index contributed by atoms with van der Waals surface area (Å²) in [4.78, 5) is 0.242. The zero-order valence-electron chi connectivity index (χ0n) is 73.9. The second-order valence-corrected chi connectivity index (χ2v) is 14.0. The topological polar surface area (TPSA) is 16.4 Å². The van der Waals surface area contributed by atoms with Crippen molar-refractivity contribution in [1.29, 1.82) is 0 Å². The van der Waals surface area contributed by atoms with E-state index in [1.54, 1.807) is 0 Å². The largest absolute Gasteiger partial charge is 0.455 e. The van der Waals surface area contributed by atoms with Crippen LogP contribution in [0.2, 0.25) is 0 Å². The SMILES string of the molecule is [2H]c1c([2H])c([2H])c(-c2c([2H])c([2H])c(-c3c([2H])c([2H])c(N(c4c([2H])c([2H])c([2H])c(-c5c([2H])c6c([2H])c([2H])c([2H])c([2H])c6c6c([2H])c([2H])c([2H])c([2H])c56)c4[2H])c4c([2H])c([2H])c(-c5c([2H])c6c([2H])c([2H])c([2H])c([2H])c6c6c([2H])c([2H])c([2H])c([2H])c56)c5oc6c([2H])c([2H])c([2H])c([2H])c6c45)c([2H])c3[2H])c([2H])c2[2H])c([2H])c1[2H]. The zero-order valence-corrected chi connectivity index (χ0v) is 32.9. The van der Waals surface area contributed by atoms with E-state index in [4.69, 9.17) is 30.5 Å². The summed E-state index contributed by atoms with van der Waals surface area (Å²) >= 11 is 0. The maximum absolute atomic E-state index is 10.5. The molecular formula is C64H41NO. The van der Waals surface area contributed by atoms with Crippen LogP contribution in [0.1, 0.15) is 56.2 Å². The first-order valence-corrected chi connectivity index (χ1v) is 19.3. The molecule has 1 heterocycles. The Kier molecular flexibility index (Phi) is 3.51. The molecule has 2 nitrogen and oxygen atoms in total. The van der Waals surface area contributed by atoms with Gasteiger partial charge in [-0.25, -0.2) is 0 Å². The Labute approximate surface area is 440 Å². The number of furan rings is 1. The third kappa shape index (κ3) is 6.26. The molecule has 0 spiro atoms. The molecule has 0 fully saturated rings. The van der Waals surface area contributed by atoms with Gasteiger partial charge in [-0.1, -0.05) is 193 Å². The Balaban J connectivity index is 1.29. The van der Waals surface area contributed by atoms with Gasteiger partial charge in [0, 0.05) is 22.3 Å². The zero-order chi connectivity index (χ0) is 79.2. The number of anilines is 3. The highest BCUT2D eigenvalue weighted by Crippen LogP contribution is 2.49. The van der Waals surface area contributed by atoms with Gasteiger partial charge in [-0.05, 0) is 136 Å². The van der Waals surface area contributed by atoms with Crippen molar-refractivity contribution in [2.75, 3.05) is 4.90 Å². The molecule has 66 heavy (non-hydrogen) atoms. The van der Waals surface area contributed by atoms with Gasteiger partial charge in [0.15, 0.2) is 0 Å². The van der Waals surface area contributed by atoms with Crippen LogP contribution >= 0.6 is 0 Å². The minimum absolute atomic E-state index is 0.242. The fourth-order valence-electron chi connectivity index (χ4n) is 7.51. The Bertz CT molecular complexity index is 6370. The number of rotatable bonds is 7. The molecule has 2 heteroatoms. The van der Waals surface area contributed by atoms with Gasteiger partial charge in [0.25, 0.3) is 0 Å². The van der Waals surface area contributed by atoms with E-state index in [1.807, 2.05) is 0 Å². The first kappa shape index (κ1) is 14.9. The van der Waals surface area contributed by atoms with E-state index in [9.17, 15) is 30.2 Å². The first-order chi connectivity index (χ1) is 49.8. The molecule has 0 aliphatic heterocycles. The van der Waals surface area contributed by atoms with E-state index < -0.39 is 374 Å². The normalized spacial score (nSPS) is 20.3. The minimum Gasteiger partial charge on any atom is -0.455 e. The van der Waals surface area contributed by atoms with Crippen molar-refractivity contribution < 1.29 is 60.6 Å². The van der Waals surface area contributed by atoms with Gasteiger partial charge in [0.2, 0.25) is 0 Å². The lowest BCUT2D eigenvalue weighted by Gasteiger charge is -2.27. The molecule has 0 amide bonds. The molecule has 0 saturated carbocycles. The van der Waals surface area contributed by atoms with Crippen molar-refractivity contribution in [3.8, 4) is 44.5 Å². The monoisotopic (exact) mass is 881 g/mol. The number of hydrogen-bond acceptors (Lipinski definition) is 2. The number of para-hydroxylation sites is 1. The highest BCUT2D eigenvalue weighted by atomic mass is 16.3. The molecule has 13 rings (SSSR count). The summed E-state index contributed by atoms with van der Waals surface area (Å²) in [6, 6.07) is -47.0. The molecule has 13 aromatic rings. The van der Waals surface area contributed by atoms with E-state index in [0.717, 1.165) is 0 Å². The van der Waals surface area contributed by atoms with E-state index in [-0.39, 0.29) is 4.90 Å². The van der Waals surface area contributed by atoms with Crippen molar-refractivity contribution >= 4 is 82.1 Å². The van der Waals surface area contributed by atoms with Crippen LogP contribution < -0.4 is 4.90 Å². The van der Waals surface area contributed by atoms with Gasteiger partial charge < -0.3 is 9.32 Å². The molecule has 0 bridgehead atoms. The number of nitrogens with zero attached hydrogens (tertiary/aromatic N) is 1. The molecule has 0 saturated heterocycles. The van der Waals surface area contributed by atoms with Crippen LogP contribution in [0.4, 0.5) is 17.1 Å². The standard InChI is InChI=1S/C64H41NO/c1-2-15-42(16-3-1)43-29-31-44(32-30-43)45-33-35-49(36-34-45)65(50-20-14-19-46(39-50)59-40-47-17-4-6-21-51(47)53-23-8-10-25-55(53)59)61-38-37-57(64-63(61)58-27-12-13-28-62(58)66-64)60-41-48-18-5-7-22-52(48)54-24-9-11-26-56(54)60/h1-41H/i1D,2D,3D,4D,5D,6D,7D,8D,9D,10D,11D,12D,13D,14D,15D,16D,17D,18D,19D,20D,21D,22D,23D,24D,25D,26D,27D,28D,29D,30D,31D,32D,33D,34D,35D,36D,37D,38D,39D,40D,41D. The smallest absolute Gasteiger partial charge is 0.145 e. The van der Waals surface area contributed by atoms with Crippen LogP contribution in [0.15, 0.2) is 252 Å². The van der Waals surface area contributed by atoms with Gasteiger partial charge in [0.05, 0.1) is 67.3 Å². The molecule has 0 radical (unpaired) electrons. The second-order valence-electron chi connectivity index (χ2n) is 14.0. The summed E-state index contributed by atoms with van der Waals surface area (Å²) < 4.78 is 386. The number of benzene rings is 12. The molecule has 0 unspecified atom stereocenters. The van der Waals surface area contributed by atoms with Crippen molar-refractivity contribution in [2.45, 2.75) is 0 Å². The quantitative estimate of drug-likeness (QED) is 0.148. The summed E-state index contributed by atoms with van der Waals surface area (Å²) in [7, 11) is 0. The first-order valence-electron chi connectivity index (χ1n) is 39.8. The summed E-state index contributed by atoms with van der Waals surface area (Å²) in [6.07, 6.45) is 0. The Morgan fingerprint density at radius 2 is 0.788 bits per heavy atom. The van der Waals surface area contributed by atoms with Gasteiger partial charge in [-0.15, -0.1) is 0 Å². The maximum Gasteiger partial charge on any atom is 0.145 e. The van der Waals surface area contributed by atoms with Crippen LogP contribution in [0.25, 0.3) is 110 Å². The van der Waals surface area contributed by atoms with Crippen LogP contribution in [-0.2, 0) is 0 Å². The van der Waals surface area contributed by atoms with E-state index in [1.165, 1.54) is 0 Å². The van der Waals surface area contributed by atoms with Gasteiger partial charge in [0.1, 0.15) is 11.2 Å². The lowest BCUT2D eigenvalue weighted by Crippen LogP contribution is -2.10. The Morgan fingerprint density at radius 3 is 1.44 bits per heavy atom. The Morgan fingerprint density at radius 1 is 0.303 bits per heavy atom. The van der Waals surface area contributed by atoms with Crippen molar-refractivity contribution in [1.82, 2.24) is 0 Å². The molecule has 0 N–H and O–H groups in total. The lowest BCUT2D eigenvalue weighted by molar-refractivity contribution is 0.670. The van der Waals surface area contributed by atoms with Gasteiger partial charge >= 0.3 is 0 Å². The Hall–Kier alpha value is -8.72. The molecule has 0 aliphatic carbocycles. The number of fused-ring (bicyclic) bond motifs is 9. The predicted molar refractivity (Wildman–Crippen MR) is 280 cm³/mol. The summed E-state index contributed by atoms with van der Waals surface area (Å²) in [5.74, 6) is 0. The van der Waals surface area contributed by atoms with Crippen molar-refractivity contribution in [3.63, 3.8) is 0 Å². The maximum atomic E-state index is 10.5. The fourth-order valence-corrected chi connectivity index (χ4v) is 7.51. The highest BCUT2D eigenvalue weighted by Gasteiger charge is 2.24. The van der Waals surface area contributed by atoms with Crippen LogP contribution in [0.3, 0.4) is 0 Å². The third-order valence-corrected chi connectivity index (χ3v) is 10.4. The summed E-state index contributed by atoms with van der Waals surface area (Å²) in [5, 5.41) is -8.14. The minimum atomic E-state index is -1.51. The highest BCUT2D eigenvalue weighted by molar-refractivity contribution is 6.21. The fraction of sp³-hybridized carbons (Fsp3) is 0. The van der Waals surface area contributed by atoms with Crippen LogP contribution in [0.5, 0.6) is 0 Å². The molecule has 0 atom stereocenters. The van der Waals surface area contributed by atoms with Crippen LogP contribution in [0, 0.1) is 0 Å². The summed E-state index contributed by atoms with van der Waals surface area (Å²) in [5.41, 5.74) is -14.2. The van der Waals surface area contributed by atoms with Crippen molar-refractivity contribution in [2.24, 2.45) is 0 Å². The second kappa shape index (κ2) is 15.5. The molecule has 308 valence electrons. The molecular weight excluding hydrogens is 799 g/mol. The van der Waals surface area contributed by atoms with Crippen LogP contribution in [-0.4, -0.2) is 0 Å². The third-order valence-electron chi connectivity index (χ3n) is 10.4. The molecule has 12 aromatic carbocycles. The number of hydrogen-bond donors (Lipinski definition) is 0. The van der Waals surface area contributed by atoms with Gasteiger partial charge in [-0.2, -0.15) is 0 Å². The summed E-state index contributed by atoms with van der Waals surface area (Å²) in [6.45, 7) is 0. The van der Waals surface area contributed by atoms with E-state index >= 15 is 0 Å². The molecule has 1 aromatic heterocycles. The lowest BCUT2D eigenvalue weighted by atomic mass is 9.91. The van der Waals surface area contributed by atoms with E-state index in [0.29, 0.717) is 0 Å². The van der Waals surface area contributed by atoms with E-state index in [2.05, 4.69) is 0 Å². The molecule has 0 aliphatic rings. The predicted octanol–water partition coefficient (Wildman–Crippen LogP) is 18.3. The average Bonchev–Trinajstić information content (AvgIpc) is 1.67.